The quantitative estimate of drug-likeness (QED) is 0.509. The largest absolute Gasteiger partial charge is 0.300 e. The van der Waals surface area contributed by atoms with Crippen molar-refractivity contribution in [2.75, 3.05) is 13.1 Å². The Morgan fingerprint density at radius 3 is 1.79 bits per heavy atom. The molecule has 1 heterocycles. The molecular formula is C27H31N. The van der Waals surface area contributed by atoms with Crippen LogP contribution >= 0.6 is 0 Å². The van der Waals surface area contributed by atoms with Crippen LogP contribution in [0, 0.1) is 5.92 Å². The van der Waals surface area contributed by atoms with E-state index < -0.39 is 0 Å². The third kappa shape index (κ3) is 5.33. The Balaban J connectivity index is 1.42. The van der Waals surface area contributed by atoms with Crippen LogP contribution in [0.5, 0.6) is 0 Å². The summed E-state index contributed by atoms with van der Waals surface area (Å²) in [5.41, 5.74) is 4.41. The van der Waals surface area contributed by atoms with Gasteiger partial charge in [-0.2, -0.15) is 0 Å². The summed E-state index contributed by atoms with van der Waals surface area (Å²) < 4.78 is 0. The summed E-state index contributed by atoms with van der Waals surface area (Å²) in [6.07, 6.45) is 6.16. The Bertz CT molecular complexity index is 813. The van der Waals surface area contributed by atoms with Gasteiger partial charge in [0.05, 0.1) is 0 Å². The SMILES string of the molecule is c1ccc(CCN2CC[C@@H](Cc3ccccc3)C[C@@H]2Cc2ccccc2)cc1. The van der Waals surface area contributed by atoms with E-state index in [1.165, 1.54) is 55.5 Å². The molecular weight excluding hydrogens is 338 g/mol. The Morgan fingerprint density at radius 1 is 0.643 bits per heavy atom. The van der Waals surface area contributed by atoms with E-state index in [1.54, 1.807) is 0 Å². The molecule has 0 spiro atoms. The molecule has 4 rings (SSSR count). The molecule has 0 saturated carbocycles. The fourth-order valence-corrected chi connectivity index (χ4v) is 4.63. The van der Waals surface area contributed by atoms with Gasteiger partial charge in [0, 0.05) is 12.6 Å². The topological polar surface area (TPSA) is 3.24 Å². The van der Waals surface area contributed by atoms with Gasteiger partial charge in [0.25, 0.3) is 0 Å². The van der Waals surface area contributed by atoms with Gasteiger partial charge < -0.3 is 0 Å². The van der Waals surface area contributed by atoms with Crippen LogP contribution in [-0.2, 0) is 19.3 Å². The minimum absolute atomic E-state index is 0.647. The molecule has 0 N–H and O–H groups in total. The predicted octanol–water partition coefficient (Wildman–Crippen LogP) is 5.80. The van der Waals surface area contributed by atoms with Crippen LogP contribution in [0.1, 0.15) is 29.5 Å². The molecule has 0 unspecified atom stereocenters. The van der Waals surface area contributed by atoms with Gasteiger partial charge in [-0.3, -0.25) is 4.90 Å². The highest BCUT2D eigenvalue weighted by Crippen LogP contribution is 2.28. The fraction of sp³-hybridized carbons (Fsp3) is 0.333. The van der Waals surface area contributed by atoms with Gasteiger partial charge in [0.1, 0.15) is 0 Å². The Morgan fingerprint density at radius 2 is 1.18 bits per heavy atom. The fourth-order valence-electron chi connectivity index (χ4n) is 4.63. The van der Waals surface area contributed by atoms with Crippen molar-refractivity contribution in [2.24, 2.45) is 5.92 Å². The summed E-state index contributed by atoms with van der Waals surface area (Å²) in [7, 11) is 0. The van der Waals surface area contributed by atoms with Crippen LogP contribution in [0.15, 0.2) is 91.0 Å². The zero-order valence-electron chi connectivity index (χ0n) is 16.7. The van der Waals surface area contributed by atoms with E-state index in [-0.39, 0.29) is 0 Å². The van der Waals surface area contributed by atoms with Crippen molar-refractivity contribution in [3.8, 4) is 0 Å². The molecule has 1 heteroatoms. The smallest absolute Gasteiger partial charge is 0.0138 e. The average Bonchev–Trinajstić information content (AvgIpc) is 2.75. The van der Waals surface area contributed by atoms with Crippen molar-refractivity contribution < 1.29 is 0 Å². The second-order valence-corrected chi connectivity index (χ2v) is 8.20. The molecule has 0 aromatic heterocycles. The first-order chi connectivity index (χ1) is 13.9. The molecule has 0 bridgehead atoms. The van der Waals surface area contributed by atoms with Gasteiger partial charge in [-0.15, -0.1) is 0 Å². The molecule has 1 nitrogen and oxygen atoms in total. The number of piperidine rings is 1. The Kier molecular flexibility index (Phi) is 6.57. The van der Waals surface area contributed by atoms with E-state index in [9.17, 15) is 0 Å². The first-order valence-corrected chi connectivity index (χ1v) is 10.7. The highest BCUT2D eigenvalue weighted by Gasteiger charge is 2.28. The van der Waals surface area contributed by atoms with E-state index in [1.807, 2.05) is 0 Å². The molecule has 1 aliphatic rings. The molecule has 28 heavy (non-hydrogen) atoms. The maximum absolute atomic E-state index is 2.75. The molecule has 0 radical (unpaired) electrons. The van der Waals surface area contributed by atoms with Gasteiger partial charge in [0.2, 0.25) is 0 Å². The minimum Gasteiger partial charge on any atom is -0.300 e. The van der Waals surface area contributed by atoms with Crippen molar-refractivity contribution >= 4 is 0 Å². The van der Waals surface area contributed by atoms with E-state index in [4.69, 9.17) is 0 Å². The molecule has 2 atom stereocenters. The zero-order chi connectivity index (χ0) is 19.0. The third-order valence-electron chi connectivity index (χ3n) is 6.16. The normalized spacial score (nSPS) is 20.1. The van der Waals surface area contributed by atoms with Crippen molar-refractivity contribution in [2.45, 2.75) is 38.1 Å². The average molecular weight is 370 g/mol. The van der Waals surface area contributed by atoms with Crippen LogP contribution in [0.2, 0.25) is 0 Å². The van der Waals surface area contributed by atoms with Crippen LogP contribution in [0.3, 0.4) is 0 Å². The van der Waals surface area contributed by atoms with Crippen molar-refractivity contribution in [3.05, 3.63) is 108 Å². The van der Waals surface area contributed by atoms with Crippen LogP contribution in [-0.4, -0.2) is 24.0 Å². The summed E-state index contributed by atoms with van der Waals surface area (Å²) >= 11 is 0. The van der Waals surface area contributed by atoms with Crippen molar-refractivity contribution in [1.29, 1.82) is 0 Å². The second-order valence-electron chi connectivity index (χ2n) is 8.20. The second kappa shape index (κ2) is 9.71. The molecule has 1 aliphatic heterocycles. The molecule has 3 aromatic carbocycles. The molecule has 1 fully saturated rings. The van der Waals surface area contributed by atoms with E-state index in [0.717, 1.165) is 12.3 Å². The predicted molar refractivity (Wildman–Crippen MR) is 119 cm³/mol. The summed E-state index contributed by atoms with van der Waals surface area (Å²) in [4.78, 5) is 2.75. The third-order valence-corrected chi connectivity index (χ3v) is 6.16. The first-order valence-electron chi connectivity index (χ1n) is 10.7. The lowest BCUT2D eigenvalue weighted by atomic mass is 9.83. The van der Waals surface area contributed by atoms with Crippen LogP contribution in [0.4, 0.5) is 0 Å². The molecule has 0 aliphatic carbocycles. The maximum atomic E-state index is 2.75. The van der Waals surface area contributed by atoms with Gasteiger partial charge in [-0.1, -0.05) is 91.0 Å². The molecule has 144 valence electrons. The lowest BCUT2D eigenvalue weighted by molar-refractivity contribution is 0.112. The van der Waals surface area contributed by atoms with Crippen molar-refractivity contribution in [3.63, 3.8) is 0 Å². The number of rotatable bonds is 7. The molecule has 1 saturated heterocycles. The van der Waals surface area contributed by atoms with Crippen LogP contribution in [0.25, 0.3) is 0 Å². The summed E-state index contributed by atoms with van der Waals surface area (Å²) in [5, 5.41) is 0. The molecule has 0 amide bonds. The number of likely N-dealkylation sites (tertiary alicyclic amines) is 1. The highest BCUT2D eigenvalue weighted by molar-refractivity contribution is 5.18. The highest BCUT2D eigenvalue weighted by atomic mass is 15.2. The van der Waals surface area contributed by atoms with E-state index in [2.05, 4.69) is 95.9 Å². The van der Waals surface area contributed by atoms with Gasteiger partial charge >= 0.3 is 0 Å². The number of hydrogen-bond donors (Lipinski definition) is 0. The summed E-state index contributed by atoms with van der Waals surface area (Å²) in [5.74, 6) is 0.795. The number of hydrogen-bond acceptors (Lipinski definition) is 1. The lowest BCUT2D eigenvalue weighted by Crippen LogP contribution is -2.45. The van der Waals surface area contributed by atoms with Gasteiger partial charge in [-0.05, 0) is 61.3 Å². The number of benzene rings is 3. The Labute approximate surface area is 170 Å². The maximum Gasteiger partial charge on any atom is 0.0138 e. The monoisotopic (exact) mass is 369 g/mol. The van der Waals surface area contributed by atoms with Crippen molar-refractivity contribution in [1.82, 2.24) is 4.90 Å². The van der Waals surface area contributed by atoms with E-state index in [0.29, 0.717) is 6.04 Å². The summed E-state index contributed by atoms with van der Waals surface area (Å²) in [6.45, 7) is 2.39. The minimum atomic E-state index is 0.647. The zero-order valence-corrected chi connectivity index (χ0v) is 16.7. The van der Waals surface area contributed by atoms with Gasteiger partial charge in [0.15, 0.2) is 0 Å². The standard InChI is InChI=1S/C27H31N/c1-4-10-23(11-5-1)16-18-28-19-17-26(20-24-12-6-2-7-13-24)22-27(28)21-25-14-8-3-9-15-25/h1-15,26-27H,16-22H2/t26-,27-/m0/s1. The first kappa shape index (κ1) is 19.0. The van der Waals surface area contributed by atoms with Gasteiger partial charge in [-0.25, -0.2) is 0 Å². The van der Waals surface area contributed by atoms with E-state index >= 15 is 0 Å². The number of nitrogens with zero attached hydrogens (tertiary/aromatic N) is 1. The Hall–Kier alpha value is -2.38. The summed E-state index contributed by atoms with van der Waals surface area (Å²) in [6, 6.07) is 33.7. The van der Waals surface area contributed by atoms with Crippen LogP contribution < -0.4 is 0 Å². The lowest BCUT2D eigenvalue weighted by Gasteiger charge is -2.40. The molecule has 3 aromatic rings.